The van der Waals surface area contributed by atoms with E-state index in [9.17, 15) is 24.6 Å². The molecule has 0 aliphatic rings. The number of nitrogens with one attached hydrogen (secondary N) is 1. The molecule has 0 bridgehead atoms. The second kappa shape index (κ2) is 9.45. The van der Waals surface area contributed by atoms with Crippen LogP contribution in [-0.2, 0) is 20.7 Å². The van der Waals surface area contributed by atoms with Crippen LogP contribution in [0.3, 0.4) is 0 Å². The molecule has 7 nitrogen and oxygen atoms in total. The molecule has 23 heavy (non-hydrogen) atoms. The maximum Gasteiger partial charge on any atom is 0.407 e. The lowest BCUT2D eigenvalue weighted by molar-refractivity contribution is -0.150. The number of carbonyl (C=O) groups is 3. The molecule has 1 rings (SSSR count). The van der Waals surface area contributed by atoms with Crippen LogP contribution >= 0.6 is 0 Å². The van der Waals surface area contributed by atoms with E-state index in [2.05, 4.69) is 5.32 Å². The van der Waals surface area contributed by atoms with Crippen molar-refractivity contribution in [1.82, 2.24) is 5.32 Å². The number of aliphatic carboxylic acids is 2. The molecule has 0 radical (unpaired) electrons. The monoisotopic (exact) mass is 323 g/mol. The van der Waals surface area contributed by atoms with Crippen molar-refractivity contribution in [3.8, 4) is 0 Å². The SMILES string of the molecule is CCCCOC(=O)N[C@H](C(=O)O)C(Cc1ccccc1)C(=O)O. The van der Waals surface area contributed by atoms with Crippen LogP contribution in [0.4, 0.5) is 4.79 Å². The van der Waals surface area contributed by atoms with Crippen molar-refractivity contribution in [1.29, 1.82) is 0 Å². The third-order valence-electron chi connectivity index (χ3n) is 3.29. The number of carboxylic acids is 2. The Morgan fingerprint density at radius 3 is 2.30 bits per heavy atom. The average molecular weight is 323 g/mol. The highest BCUT2D eigenvalue weighted by atomic mass is 16.5. The molecule has 1 unspecified atom stereocenters. The molecule has 1 aromatic rings. The Bertz CT molecular complexity index is 531. The summed E-state index contributed by atoms with van der Waals surface area (Å²) in [7, 11) is 0. The zero-order valence-electron chi connectivity index (χ0n) is 12.9. The van der Waals surface area contributed by atoms with E-state index in [4.69, 9.17) is 4.74 Å². The molecule has 0 saturated carbocycles. The van der Waals surface area contributed by atoms with Crippen molar-refractivity contribution in [2.75, 3.05) is 6.61 Å². The predicted octanol–water partition coefficient (Wildman–Crippen LogP) is 1.91. The van der Waals surface area contributed by atoms with Gasteiger partial charge < -0.3 is 20.3 Å². The van der Waals surface area contributed by atoms with Gasteiger partial charge in [-0.1, -0.05) is 43.7 Å². The van der Waals surface area contributed by atoms with E-state index in [1.165, 1.54) is 0 Å². The Morgan fingerprint density at radius 1 is 1.13 bits per heavy atom. The van der Waals surface area contributed by atoms with E-state index in [1.807, 2.05) is 6.92 Å². The van der Waals surface area contributed by atoms with Crippen LogP contribution in [0.1, 0.15) is 25.3 Å². The number of hydrogen-bond donors (Lipinski definition) is 3. The van der Waals surface area contributed by atoms with Gasteiger partial charge in [-0.15, -0.1) is 0 Å². The molecule has 0 heterocycles. The van der Waals surface area contributed by atoms with Gasteiger partial charge in [0.2, 0.25) is 0 Å². The van der Waals surface area contributed by atoms with Crippen LogP contribution < -0.4 is 5.32 Å². The number of alkyl carbamates (subject to hydrolysis) is 1. The number of amides is 1. The molecule has 0 aliphatic heterocycles. The van der Waals surface area contributed by atoms with Crippen LogP contribution in [0.25, 0.3) is 0 Å². The fourth-order valence-electron chi connectivity index (χ4n) is 2.03. The lowest BCUT2D eigenvalue weighted by atomic mass is 9.92. The normalized spacial score (nSPS) is 12.9. The molecule has 0 aromatic heterocycles. The third-order valence-corrected chi connectivity index (χ3v) is 3.29. The Labute approximate surface area is 134 Å². The van der Waals surface area contributed by atoms with Gasteiger partial charge in [0, 0.05) is 0 Å². The van der Waals surface area contributed by atoms with Crippen LogP contribution in [0.15, 0.2) is 30.3 Å². The van der Waals surface area contributed by atoms with Gasteiger partial charge in [-0.25, -0.2) is 9.59 Å². The van der Waals surface area contributed by atoms with Gasteiger partial charge in [-0.2, -0.15) is 0 Å². The Kier molecular flexibility index (Phi) is 7.59. The topological polar surface area (TPSA) is 113 Å². The van der Waals surface area contributed by atoms with Gasteiger partial charge in [-0.05, 0) is 18.4 Å². The molecule has 0 saturated heterocycles. The van der Waals surface area contributed by atoms with Gasteiger partial charge >= 0.3 is 18.0 Å². The smallest absolute Gasteiger partial charge is 0.407 e. The van der Waals surface area contributed by atoms with Crippen molar-refractivity contribution < 1.29 is 29.3 Å². The first-order valence-electron chi connectivity index (χ1n) is 7.38. The van der Waals surface area contributed by atoms with Gasteiger partial charge in [0.25, 0.3) is 0 Å². The first-order chi connectivity index (χ1) is 11.0. The largest absolute Gasteiger partial charge is 0.481 e. The van der Waals surface area contributed by atoms with Crippen molar-refractivity contribution in [2.24, 2.45) is 5.92 Å². The van der Waals surface area contributed by atoms with E-state index < -0.39 is 30.0 Å². The second-order valence-electron chi connectivity index (χ2n) is 5.08. The minimum absolute atomic E-state index is 0.0115. The summed E-state index contributed by atoms with van der Waals surface area (Å²) < 4.78 is 4.84. The van der Waals surface area contributed by atoms with Gasteiger partial charge in [0.15, 0.2) is 0 Å². The fraction of sp³-hybridized carbons (Fsp3) is 0.438. The fourth-order valence-corrected chi connectivity index (χ4v) is 2.03. The summed E-state index contributed by atoms with van der Waals surface area (Å²) in [6, 6.07) is 7.08. The number of carboxylic acid groups (broad SMARTS) is 2. The second-order valence-corrected chi connectivity index (χ2v) is 5.08. The molecule has 3 N–H and O–H groups in total. The van der Waals surface area contributed by atoms with Crippen molar-refractivity contribution >= 4 is 18.0 Å². The molecule has 2 atom stereocenters. The summed E-state index contributed by atoms with van der Waals surface area (Å²) in [6.07, 6.45) is 0.534. The summed E-state index contributed by atoms with van der Waals surface area (Å²) in [5.41, 5.74) is 0.673. The molecular formula is C16H21NO6. The third kappa shape index (κ3) is 6.37. The first kappa shape index (κ1) is 18.5. The van der Waals surface area contributed by atoms with Crippen LogP contribution in [-0.4, -0.2) is 40.9 Å². The lowest BCUT2D eigenvalue weighted by Gasteiger charge is -2.21. The summed E-state index contributed by atoms with van der Waals surface area (Å²) in [6.45, 7) is 2.08. The number of rotatable bonds is 9. The van der Waals surface area contributed by atoms with Crippen molar-refractivity contribution in [3.05, 3.63) is 35.9 Å². The number of hydrogen-bond acceptors (Lipinski definition) is 4. The van der Waals surface area contributed by atoms with E-state index in [0.717, 1.165) is 6.42 Å². The minimum Gasteiger partial charge on any atom is -0.481 e. The highest BCUT2D eigenvalue weighted by molar-refractivity contribution is 5.86. The van der Waals surface area contributed by atoms with Gasteiger partial charge in [0.1, 0.15) is 6.04 Å². The van der Waals surface area contributed by atoms with Crippen LogP contribution in [0.2, 0.25) is 0 Å². The van der Waals surface area contributed by atoms with Crippen LogP contribution in [0, 0.1) is 5.92 Å². The quantitative estimate of drug-likeness (QED) is 0.598. The Morgan fingerprint density at radius 2 is 1.78 bits per heavy atom. The Balaban J connectivity index is 2.79. The number of benzene rings is 1. The first-order valence-corrected chi connectivity index (χ1v) is 7.38. The standard InChI is InChI=1S/C16H21NO6/c1-2-3-9-23-16(22)17-13(15(20)21)12(14(18)19)10-11-7-5-4-6-8-11/h4-8,12-13H,2-3,9-10H2,1H3,(H,17,22)(H,18,19)(H,20,21)/t12?,13-/m0/s1. The molecule has 0 aliphatic carbocycles. The van der Waals surface area contributed by atoms with Crippen molar-refractivity contribution in [2.45, 2.75) is 32.2 Å². The zero-order chi connectivity index (χ0) is 17.2. The summed E-state index contributed by atoms with van der Waals surface area (Å²) >= 11 is 0. The van der Waals surface area contributed by atoms with Gasteiger partial charge in [0.05, 0.1) is 12.5 Å². The maximum atomic E-state index is 11.6. The molecular weight excluding hydrogens is 302 g/mol. The summed E-state index contributed by atoms with van der Waals surface area (Å²) in [5, 5.41) is 20.7. The van der Waals surface area contributed by atoms with E-state index in [-0.39, 0.29) is 13.0 Å². The van der Waals surface area contributed by atoms with E-state index in [0.29, 0.717) is 12.0 Å². The molecule has 1 amide bonds. The summed E-state index contributed by atoms with van der Waals surface area (Å²) in [5.74, 6) is -4.01. The Hall–Kier alpha value is -2.57. The highest BCUT2D eigenvalue weighted by Gasteiger charge is 2.35. The summed E-state index contributed by atoms with van der Waals surface area (Å²) in [4.78, 5) is 34.4. The maximum absolute atomic E-state index is 11.6. The zero-order valence-corrected chi connectivity index (χ0v) is 12.9. The van der Waals surface area contributed by atoms with Crippen LogP contribution in [0.5, 0.6) is 0 Å². The lowest BCUT2D eigenvalue weighted by Crippen LogP contribution is -2.49. The predicted molar refractivity (Wildman–Crippen MR) is 82.1 cm³/mol. The number of carbonyl (C=O) groups excluding carboxylic acids is 1. The van der Waals surface area contributed by atoms with E-state index >= 15 is 0 Å². The molecule has 0 fully saturated rings. The highest BCUT2D eigenvalue weighted by Crippen LogP contribution is 2.14. The molecule has 1 aromatic carbocycles. The van der Waals surface area contributed by atoms with Gasteiger partial charge in [-0.3, -0.25) is 4.79 Å². The average Bonchev–Trinajstić information content (AvgIpc) is 2.51. The number of ether oxygens (including phenoxy) is 1. The number of unbranched alkanes of at least 4 members (excludes halogenated alkanes) is 1. The van der Waals surface area contributed by atoms with Crippen molar-refractivity contribution in [3.63, 3.8) is 0 Å². The molecule has 126 valence electrons. The van der Waals surface area contributed by atoms with E-state index in [1.54, 1.807) is 30.3 Å². The molecule has 0 spiro atoms. The molecule has 7 heteroatoms. The minimum atomic E-state index is -1.57.